The van der Waals surface area contributed by atoms with Crippen molar-refractivity contribution in [2.45, 2.75) is 0 Å². The van der Waals surface area contributed by atoms with Crippen molar-refractivity contribution in [2.75, 3.05) is 0 Å². The number of rotatable bonds is 2. The molecule has 0 saturated heterocycles. The van der Waals surface area contributed by atoms with Crippen molar-refractivity contribution in [1.29, 1.82) is 0 Å². The highest BCUT2D eigenvalue weighted by Crippen LogP contribution is 2.02. The van der Waals surface area contributed by atoms with Crippen LogP contribution < -0.4 is 0 Å². The van der Waals surface area contributed by atoms with Gasteiger partial charge >= 0.3 is 0 Å². The van der Waals surface area contributed by atoms with Gasteiger partial charge in [-0.15, -0.1) is 0 Å². The second-order valence-electron chi connectivity index (χ2n) is 2.69. The summed E-state index contributed by atoms with van der Waals surface area (Å²) in [5.41, 5.74) is 0.316. The second kappa shape index (κ2) is 3.66. The molecule has 7 heteroatoms. The maximum atomic E-state index is 11.6. The molecule has 0 saturated carbocycles. The molecule has 0 spiro atoms. The molecule has 1 N–H and O–H groups in total. The lowest BCUT2D eigenvalue weighted by atomic mass is 10.4. The standard InChI is InChI=1S/C8H5ClN4O2/c9-7(14)5-2-4-13(12-5)8(15)6-1-3-10-11-6/h1-4H,(H,10,11). The number of carbonyl (C=O) groups excluding carboxylic acids is 2. The molecule has 6 nitrogen and oxygen atoms in total. The highest BCUT2D eigenvalue weighted by Gasteiger charge is 2.13. The fourth-order valence-electron chi connectivity index (χ4n) is 1.04. The molecule has 0 amide bonds. The zero-order chi connectivity index (χ0) is 10.8. The molecule has 0 aliphatic rings. The zero-order valence-electron chi connectivity index (χ0n) is 7.35. The maximum Gasteiger partial charge on any atom is 0.296 e. The average Bonchev–Trinajstić information content (AvgIpc) is 2.88. The van der Waals surface area contributed by atoms with Crippen LogP contribution in [0.15, 0.2) is 24.5 Å². The molecule has 2 rings (SSSR count). The number of aromatic amines is 1. The molecule has 0 radical (unpaired) electrons. The summed E-state index contributed by atoms with van der Waals surface area (Å²) in [5, 5.41) is 9.13. The highest BCUT2D eigenvalue weighted by molar-refractivity contribution is 6.67. The Bertz CT molecular complexity index is 502. The summed E-state index contributed by atoms with van der Waals surface area (Å²) in [6.07, 6.45) is 2.81. The van der Waals surface area contributed by atoms with Gasteiger partial charge in [0.1, 0.15) is 11.4 Å². The average molecular weight is 225 g/mol. The SMILES string of the molecule is O=C(Cl)c1ccn(C(=O)c2ccn[nH]2)n1. The van der Waals surface area contributed by atoms with Gasteiger partial charge in [0.25, 0.3) is 11.1 Å². The number of aromatic nitrogens is 4. The topological polar surface area (TPSA) is 80.6 Å². The van der Waals surface area contributed by atoms with Gasteiger partial charge in [0.2, 0.25) is 0 Å². The van der Waals surface area contributed by atoms with Crippen LogP contribution in [-0.2, 0) is 0 Å². The first kappa shape index (κ1) is 9.60. The summed E-state index contributed by atoms with van der Waals surface area (Å²) in [7, 11) is 0. The summed E-state index contributed by atoms with van der Waals surface area (Å²) in [5.74, 6) is -0.406. The minimum absolute atomic E-state index is 0.0320. The van der Waals surface area contributed by atoms with Gasteiger partial charge in [-0.25, -0.2) is 4.68 Å². The van der Waals surface area contributed by atoms with Crippen molar-refractivity contribution in [3.05, 3.63) is 35.9 Å². The van der Waals surface area contributed by atoms with E-state index in [9.17, 15) is 9.59 Å². The number of H-pyrrole nitrogens is 1. The van der Waals surface area contributed by atoms with Crippen LogP contribution in [-0.4, -0.2) is 31.1 Å². The smallest absolute Gasteiger partial charge is 0.274 e. The molecule has 0 aliphatic heterocycles. The number of halogens is 1. The van der Waals surface area contributed by atoms with E-state index in [1.165, 1.54) is 24.5 Å². The van der Waals surface area contributed by atoms with Crippen LogP contribution in [0.3, 0.4) is 0 Å². The Morgan fingerprint density at radius 1 is 1.40 bits per heavy atom. The van der Waals surface area contributed by atoms with E-state index < -0.39 is 11.1 Å². The predicted octanol–water partition coefficient (Wildman–Crippen LogP) is 0.674. The van der Waals surface area contributed by atoms with Crippen LogP contribution in [0.25, 0.3) is 0 Å². The molecule has 0 unspecified atom stereocenters. The Morgan fingerprint density at radius 2 is 2.20 bits per heavy atom. The van der Waals surface area contributed by atoms with Crippen LogP contribution >= 0.6 is 11.6 Å². The third kappa shape index (κ3) is 1.79. The van der Waals surface area contributed by atoms with Gasteiger partial charge < -0.3 is 0 Å². The van der Waals surface area contributed by atoms with Crippen molar-refractivity contribution < 1.29 is 9.59 Å². The van der Waals surface area contributed by atoms with E-state index in [-0.39, 0.29) is 11.4 Å². The number of nitrogens with zero attached hydrogens (tertiary/aromatic N) is 3. The molecule has 0 aromatic carbocycles. The number of hydrogen-bond donors (Lipinski definition) is 1. The number of hydrogen-bond acceptors (Lipinski definition) is 4. The normalized spacial score (nSPS) is 10.2. The molecular formula is C8H5ClN4O2. The first-order valence-corrected chi connectivity index (χ1v) is 4.36. The first-order chi connectivity index (χ1) is 7.18. The van der Waals surface area contributed by atoms with Crippen molar-refractivity contribution in [3.63, 3.8) is 0 Å². The maximum absolute atomic E-state index is 11.6. The van der Waals surface area contributed by atoms with Crippen LogP contribution in [0, 0.1) is 0 Å². The molecule has 0 bridgehead atoms. The van der Waals surface area contributed by atoms with Gasteiger partial charge in [-0.2, -0.15) is 10.2 Å². The van der Waals surface area contributed by atoms with Gasteiger partial charge in [0.15, 0.2) is 0 Å². The summed E-state index contributed by atoms with van der Waals surface area (Å²) < 4.78 is 1.02. The summed E-state index contributed by atoms with van der Waals surface area (Å²) >= 11 is 5.20. The van der Waals surface area contributed by atoms with Gasteiger partial charge in [0, 0.05) is 12.4 Å². The lowest BCUT2D eigenvalue weighted by Crippen LogP contribution is -2.13. The summed E-state index contributed by atoms with van der Waals surface area (Å²) in [4.78, 5) is 22.3. The van der Waals surface area contributed by atoms with E-state index in [0.29, 0.717) is 0 Å². The van der Waals surface area contributed by atoms with E-state index in [2.05, 4.69) is 15.3 Å². The molecule has 0 atom stereocenters. The summed E-state index contributed by atoms with van der Waals surface area (Å²) in [6, 6.07) is 2.87. The van der Waals surface area contributed by atoms with Crippen molar-refractivity contribution in [1.82, 2.24) is 20.0 Å². The Morgan fingerprint density at radius 3 is 2.73 bits per heavy atom. The highest BCUT2D eigenvalue weighted by atomic mass is 35.5. The fourth-order valence-corrected chi connectivity index (χ4v) is 1.14. The van der Waals surface area contributed by atoms with E-state index in [1.54, 1.807) is 0 Å². The fraction of sp³-hybridized carbons (Fsp3) is 0. The van der Waals surface area contributed by atoms with E-state index in [0.717, 1.165) is 4.68 Å². The van der Waals surface area contributed by atoms with E-state index >= 15 is 0 Å². The molecule has 15 heavy (non-hydrogen) atoms. The monoisotopic (exact) mass is 224 g/mol. The minimum atomic E-state index is -0.703. The number of nitrogens with one attached hydrogen (secondary N) is 1. The molecule has 2 aromatic heterocycles. The van der Waals surface area contributed by atoms with E-state index in [1.807, 2.05) is 0 Å². The predicted molar refractivity (Wildman–Crippen MR) is 50.7 cm³/mol. The Balaban J connectivity index is 2.31. The van der Waals surface area contributed by atoms with Gasteiger partial charge in [-0.3, -0.25) is 14.7 Å². The molecule has 76 valence electrons. The van der Waals surface area contributed by atoms with Crippen LogP contribution in [0.2, 0.25) is 0 Å². The van der Waals surface area contributed by atoms with Crippen LogP contribution in [0.4, 0.5) is 0 Å². The number of carbonyl (C=O) groups is 2. The van der Waals surface area contributed by atoms with Crippen molar-refractivity contribution in [3.8, 4) is 0 Å². The lowest BCUT2D eigenvalue weighted by Gasteiger charge is -1.95. The van der Waals surface area contributed by atoms with Gasteiger partial charge in [0.05, 0.1) is 0 Å². The third-order valence-electron chi connectivity index (χ3n) is 1.73. The summed E-state index contributed by atoms with van der Waals surface area (Å²) in [6.45, 7) is 0. The van der Waals surface area contributed by atoms with Gasteiger partial charge in [-0.05, 0) is 23.7 Å². The quantitative estimate of drug-likeness (QED) is 0.761. The molecule has 0 aliphatic carbocycles. The lowest BCUT2D eigenvalue weighted by molar-refractivity contribution is 0.0939. The zero-order valence-corrected chi connectivity index (χ0v) is 8.10. The molecule has 2 heterocycles. The molecule has 0 fully saturated rings. The Kier molecular flexibility index (Phi) is 2.34. The first-order valence-electron chi connectivity index (χ1n) is 3.98. The minimum Gasteiger partial charge on any atom is -0.274 e. The molecular weight excluding hydrogens is 220 g/mol. The Hall–Kier alpha value is -1.95. The van der Waals surface area contributed by atoms with Gasteiger partial charge in [-0.1, -0.05) is 0 Å². The largest absolute Gasteiger partial charge is 0.296 e. The van der Waals surface area contributed by atoms with Crippen LogP contribution in [0.1, 0.15) is 21.0 Å². The molecule has 2 aromatic rings. The van der Waals surface area contributed by atoms with E-state index in [4.69, 9.17) is 11.6 Å². The van der Waals surface area contributed by atoms with Crippen LogP contribution in [0.5, 0.6) is 0 Å². The second-order valence-corrected chi connectivity index (χ2v) is 3.04. The third-order valence-corrected chi connectivity index (χ3v) is 1.92. The Labute approximate surface area is 88.8 Å². The van der Waals surface area contributed by atoms with Crippen molar-refractivity contribution in [2.24, 2.45) is 0 Å². The van der Waals surface area contributed by atoms with Crippen molar-refractivity contribution >= 4 is 22.8 Å².